The van der Waals surface area contributed by atoms with Crippen molar-refractivity contribution in [2.75, 3.05) is 6.61 Å². The van der Waals surface area contributed by atoms with Gasteiger partial charge < -0.3 is 15.2 Å². The van der Waals surface area contributed by atoms with Gasteiger partial charge >= 0.3 is 5.97 Å². The van der Waals surface area contributed by atoms with Gasteiger partial charge in [-0.2, -0.15) is 5.10 Å². The van der Waals surface area contributed by atoms with Crippen LogP contribution in [0, 0.1) is 13.8 Å². The normalized spacial score (nSPS) is 20.5. The van der Waals surface area contributed by atoms with Gasteiger partial charge in [0.25, 0.3) is 0 Å². The van der Waals surface area contributed by atoms with Crippen molar-refractivity contribution in [3.8, 4) is 0 Å². The molecule has 3 rings (SSSR count). The summed E-state index contributed by atoms with van der Waals surface area (Å²) >= 11 is 0. The minimum atomic E-state index is -0.593. The molecule has 1 aliphatic carbocycles. The van der Waals surface area contributed by atoms with E-state index in [0.29, 0.717) is 24.2 Å². The van der Waals surface area contributed by atoms with E-state index in [4.69, 9.17) is 15.2 Å². The fourth-order valence-electron chi connectivity index (χ4n) is 3.66. The van der Waals surface area contributed by atoms with Gasteiger partial charge in [0.05, 0.1) is 18.2 Å². The number of carbonyl (C=O) groups is 2. The molecule has 0 fully saturated rings. The van der Waals surface area contributed by atoms with Crippen molar-refractivity contribution in [2.24, 2.45) is 12.8 Å². The molecule has 2 N–H and O–H groups in total. The SMILES string of the molecule is CCOC(=O)C1=C(N)OC2=C(C(=O)CCC2)C1c1c(C)nn(C)c1C. The summed E-state index contributed by atoms with van der Waals surface area (Å²) in [6, 6.07) is 0. The number of allylic oxidation sites excluding steroid dienone is 2. The van der Waals surface area contributed by atoms with Crippen LogP contribution in [-0.4, -0.2) is 28.1 Å². The monoisotopic (exact) mass is 345 g/mol. The fraction of sp³-hybridized carbons (Fsp3) is 0.500. The third-order valence-corrected chi connectivity index (χ3v) is 4.83. The van der Waals surface area contributed by atoms with E-state index in [1.54, 1.807) is 11.6 Å². The summed E-state index contributed by atoms with van der Waals surface area (Å²) in [6.45, 7) is 5.72. The molecule has 1 atom stereocenters. The largest absolute Gasteiger partial charge is 0.462 e. The Balaban J connectivity index is 2.24. The first-order valence-electron chi connectivity index (χ1n) is 8.47. The summed E-state index contributed by atoms with van der Waals surface area (Å²) in [6.07, 6.45) is 1.79. The highest BCUT2D eigenvalue weighted by molar-refractivity contribution is 6.03. The Labute approximate surface area is 146 Å². The Morgan fingerprint density at radius 3 is 2.72 bits per heavy atom. The summed E-state index contributed by atoms with van der Waals surface area (Å²) in [5, 5.41) is 4.44. The number of aryl methyl sites for hydroxylation is 2. The van der Waals surface area contributed by atoms with Crippen LogP contribution in [0.4, 0.5) is 0 Å². The highest BCUT2D eigenvalue weighted by Crippen LogP contribution is 2.45. The summed E-state index contributed by atoms with van der Waals surface area (Å²) < 4.78 is 12.6. The lowest BCUT2D eigenvalue weighted by molar-refractivity contribution is -0.139. The number of ketones is 1. The molecule has 0 bridgehead atoms. The third-order valence-electron chi connectivity index (χ3n) is 4.83. The molecular formula is C18H23N3O4. The number of ether oxygens (including phenoxy) is 2. The van der Waals surface area contributed by atoms with Gasteiger partial charge in [0.15, 0.2) is 5.78 Å². The number of hydrogen-bond donors (Lipinski definition) is 1. The molecule has 25 heavy (non-hydrogen) atoms. The van der Waals surface area contributed by atoms with Gasteiger partial charge in [-0.05, 0) is 27.2 Å². The molecule has 2 heterocycles. The molecule has 7 nitrogen and oxygen atoms in total. The van der Waals surface area contributed by atoms with E-state index >= 15 is 0 Å². The van der Waals surface area contributed by atoms with Crippen LogP contribution in [0.5, 0.6) is 0 Å². The Morgan fingerprint density at radius 2 is 2.12 bits per heavy atom. The molecule has 7 heteroatoms. The van der Waals surface area contributed by atoms with Crippen LogP contribution in [0.2, 0.25) is 0 Å². The van der Waals surface area contributed by atoms with E-state index in [1.807, 2.05) is 20.9 Å². The molecule has 0 saturated carbocycles. The van der Waals surface area contributed by atoms with Gasteiger partial charge in [-0.15, -0.1) is 0 Å². The molecule has 1 aromatic heterocycles. The number of hydrogen-bond acceptors (Lipinski definition) is 6. The molecule has 2 aliphatic rings. The topological polar surface area (TPSA) is 96.4 Å². The first-order valence-corrected chi connectivity index (χ1v) is 8.47. The molecule has 0 radical (unpaired) electrons. The second-order valence-corrected chi connectivity index (χ2v) is 6.36. The summed E-state index contributed by atoms with van der Waals surface area (Å²) in [5.74, 6) is -0.584. The minimum absolute atomic E-state index is 0.0109. The van der Waals surface area contributed by atoms with Crippen LogP contribution >= 0.6 is 0 Å². The Bertz CT molecular complexity index is 817. The van der Waals surface area contributed by atoms with Crippen LogP contribution in [-0.2, 0) is 26.1 Å². The van der Waals surface area contributed by atoms with Crippen molar-refractivity contribution in [1.82, 2.24) is 9.78 Å². The van der Waals surface area contributed by atoms with Crippen molar-refractivity contribution in [3.05, 3.63) is 39.7 Å². The average Bonchev–Trinajstić information content (AvgIpc) is 2.79. The standard InChI is InChI=1S/C18H23N3O4/c1-5-24-18(23)16-15(13-9(2)20-21(4)10(13)3)14-11(22)7-6-8-12(14)25-17(16)19/h15H,5-8,19H2,1-4H3. The number of nitrogens with two attached hydrogens (primary N) is 1. The van der Waals surface area contributed by atoms with Gasteiger partial charge in [0, 0.05) is 36.7 Å². The molecule has 1 aromatic rings. The lowest BCUT2D eigenvalue weighted by atomic mass is 9.76. The zero-order valence-corrected chi connectivity index (χ0v) is 15.0. The summed E-state index contributed by atoms with van der Waals surface area (Å²) in [4.78, 5) is 25.3. The number of carbonyl (C=O) groups excluding carboxylic acids is 2. The lowest BCUT2D eigenvalue weighted by Gasteiger charge is -2.32. The van der Waals surface area contributed by atoms with Crippen LogP contribution in [0.25, 0.3) is 0 Å². The number of aromatic nitrogens is 2. The molecule has 0 aromatic carbocycles. The van der Waals surface area contributed by atoms with E-state index < -0.39 is 11.9 Å². The van der Waals surface area contributed by atoms with Crippen molar-refractivity contribution in [2.45, 2.75) is 46.0 Å². The Kier molecular flexibility index (Phi) is 4.41. The second kappa shape index (κ2) is 6.38. The van der Waals surface area contributed by atoms with E-state index in [2.05, 4.69) is 5.10 Å². The van der Waals surface area contributed by atoms with Crippen LogP contribution in [0.1, 0.15) is 49.1 Å². The van der Waals surface area contributed by atoms with E-state index in [-0.39, 0.29) is 23.8 Å². The number of esters is 1. The predicted molar refractivity (Wildman–Crippen MR) is 90.2 cm³/mol. The smallest absolute Gasteiger partial charge is 0.340 e. The summed E-state index contributed by atoms with van der Waals surface area (Å²) in [5.41, 5.74) is 9.24. The predicted octanol–water partition coefficient (Wildman–Crippen LogP) is 1.89. The van der Waals surface area contributed by atoms with Crippen LogP contribution in [0.3, 0.4) is 0 Å². The molecule has 1 unspecified atom stereocenters. The second-order valence-electron chi connectivity index (χ2n) is 6.36. The van der Waals surface area contributed by atoms with E-state index in [1.165, 1.54) is 0 Å². The van der Waals surface area contributed by atoms with E-state index in [0.717, 1.165) is 23.4 Å². The van der Waals surface area contributed by atoms with Crippen molar-refractivity contribution >= 4 is 11.8 Å². The zero-order valence-electron chi connectivity index (χ0n) is 15.0. The van der Waals surface area contributed by atoms with Gasteiger partial charge in [-0.3, -0.25) is 9.48 Å². The van der Waals surface area contributed by atoms with Gasteiger partial charge in [-0.1, -0.05) is 0 Å². The summed E-state index contributed by atoms with van der Waals surface area (Å²) in [7, 11) is 1.83. The average molecular weight is 345 g/mol. The molecule has 0 spiro atoms. The maximum Gasteiger partial charge on any atom is 0.340 e. The van der Waals surface area contributed by atoms with E-state index in [9.17, 15) is 9.59 Å². The number of nitrogens with zero attached hydrogens (tertiary/aromatic N) is 2. The minimum Gasteiger partial charge on any atom is -0.462 e. The molecular weight excluding hydrogens is 322 g/mol. The van der Waals surface area contributed by atoms with Crippen LogP contribution in [0.15, 0.2) is 22.8 Å². The molecule has 0 saturated heterocycles. The highest BCUT2D eigenvalue weighted by Gasteiger charge is 2.43. The Morgan fingerprint density at radius 1 is 1.40 bits per heavy atom. The number of rotatable bonds is 3. The lowest BCUT2D eigenvalue weighted by Crippen LogP contribution is -2.32. The molecule has 0 amide bonds. The quantitative estimate of drug-likeness (QED) is 0.841. The highest BCUT2D eigenvalue weighted by atomic mass is 16.5. The number of Topliss-reactive ketones (excluding diaryl/α,β-unsaturated/α-hetero) is 1. The third kappa shape index (κ3) is 2.73. The first kappa shape index (κ1) is 17.3. The molecule has 1 aliphatic heterocycles. The molecule has 134 valence electrons. The van der Waals surface area contributed by atoms with Gasteiger partial charge in [0.2, 0.25) is 5.88 Å². The van der Waals surface area contributed by atoms with Crippen molar-refractivity contribution < 1.29 is 19.1 Å². The van der Waals surface area contributed by atoms with Crippen molar-refractivity contribution in [3.63, 3.8) is 0 Å². The van der Waals surface area contributed by atoms with Crippen molar-refractivity contribution in [1.29, 1.82) is 0 Å². The zero-order chi connectivity index (χ0) is 18.3. The van der Waals surface area contributed by atoms with Crippen LogP contribution < -0.4 is 5.73 Å². The first-order chi connectivity index (χ1) is 11.9. The van der Waals surface area contributed by atoms with Gasteiger partial charge in [0.1, 0.15) is 11.3 Å². The maximum atomic E-state index is 12.7. The Hall–Kier alpha value is -2.57. The van der Waals surface area contributed by atoms with Gasteiger partial charge in [-0.25, -0.2) is 4.79 Å². The maximum absolute atomic E-state index is 12.7. The fourth-order valence-corrected chi connectivity index (χ4v) is 3.66.